The molecule has 0 saturated carbocycles. The first kappa shape index (κ1) is 18.3. The molecule has 28 heavy (non-hydrogen) atoms. The van der Waals surface area contributed by atoms with Crippen LogP contribution >= 0.6 is 0 Å². The van der Waals surface area contributed by atoms with Gasteiger partial charge in [0.25, 0.3) is 0 Å². The number of phenols is 2. The van der Waals surface area contributed by atoms with Gasteiger partial charge in [0.15, 0.2) is 23.0 Å². The SMILES string of the molecule is COc1cc(Cn2ccc3cc(OC)c(O)cc32)c(N2CCCCC2)cc1O. The van der Waals surface area contributed by atoms with Gasteiger partial charge in [0.1, 0.15) is 0 Å². The van der Waals surface area contributed by atoms with Gasteiger partial charge in [-0.15, -0.1) is 0 Å². The minimum Gasteiger partial charge on any atom is -0.504 e. The standard InChI is InChI=1S/C22H26N2O4/c1-27-21-10-15-6-9-24(17(15)12-19(21)25)14-16-11-22(28-2)20(26)13-18(16)23-7-4-3-5-8-23/h6,9-13,25-26H,3-5,7-8,14H2,1-2H3. The zero-order valence-corrected chi connectivity index (χ0v) is 16.3. The van der Waals surface area contributed by atoms with Gasteiger partial charge in [-0.1, -0.05) is 0 Å². The van der Waals surface area contributed by atoms with Crippen molar-refractivity contribution in [1.29, 1.82) is 0 Å². The monoisotopic (exact) mass is 382 g/mol. The van der Waals surface area contributed by atoms with E-state index in [1.165, 1.54) is 6.42 Å². The van der Waals surface area contributed by atoms with Gasteiger partial charge in [0.05, 0.1) is 19.7 Å². The smallest absolute Gasteiger partial charge is 0.161 e. The molecule has 3 aromatic rings. The van der Waals surface area contributed by atoms with E-state index in [1.54, 1.807) is 20.3 Å². The Bertz CT molecular complexity index is 990. The second-order valence-electron chi connectivity index (χ2n) is 7.23. The third-order valence-corrected chi connectivity index (χ3v) is 5.49. The van der Waals surface area contributed by atoms with Crippen LogP contribution in [0.1, 0.15) is 24.8 Å². The molecular formula is C22H26N2O4. The molecule has 4 rings (SSSR count). The maximum Gasteiger partial charge on any atom is 0.161 e. The molecule has 0 aliphatic carbocycles. The second-order valence-corrected chi connectivity index (χ2v) is 7.23. The Morgan fingerprint density at radius 3 is 2.29 bits per heavy atom. The average Bonchev–Trinajstić information content (AvgIpc) is 3.10. The topological polar surface area (TPSA) is 67.1 Å². The Morgan fingerprint density at radius 1 is 0.893 bits per heavy atom. The highest BCUT2D eigenvalue weighted by atomic mass is 16.5. The van der Waals surface area contributed by atoms with Crippen LogP contribution in [0.5, 0.6) is 23.0 Å². The number of anilines is 1. The summed E-state index contributed by atoms with van der Waals surface area (Å²) in [6, 6.07) is 9.30. The van der Waals surface area contributed by atoms with Gasteiger partial charge in [-0.05, 0) is 43.0 Å². The van der Waals surface area contributed by atoms with E-state index in [0.717, 1.165) is 48.1 Å². The van der Waals surface area contributed by atoms with Crippen molar-refractivity contribution in [2.75, 3.05) is 32.2 Å². The third-order valence-electron chi connectivity index (χ3n) is 5.49. The summed E-state index contributed by atoms with van der Waals surface area (Å²) in [7, 11) is 3.11. The van der Waals surface area contributed by atoms with E-state index in [4.69, 9.17) is 9.47 Å². The summed E-state index contributed by atoms with van der Waals surface area (Å²) in [5.41, 5.74) is 3.04. The number of methoxy groups -OCH3 is 2. The zero-order chi connectivity index (χ0) is 19.7. The van der Waals surface area contributed by atoms with E-state index in [-0.39, 0.29) is 11.5 Å². The van der Waals surface area contributed by atoms with Gasteiger partial charge in [-0.3, -0.25) is 0 Å². The first-order valence-corrected chi connectivity index (χ1v) is 9.61. The molecule has 0 unspecified atom stereocenters. The van der Waals surface area contributed by atoms with Crippen LogP contribution < -0.4 is 14.4 Å². The highest BCUT2D eigenvalue weighted by molar-refractivity contribution is 5.84. The van der Waals surface area contributed by atoms with Crippen LogP contribution in [0.3, 0.4) is 0 Å². The normalized spacial score (nSPS) is 14.4. The predicted octanol–water partition coefficient (Wildman–Crippen LogP) is 4.11. The number of piperidine rings is 1. The number of hydrogen-bond donors (Lipinski definition) is 2. The summed E-state index contributed by atoms with van der Waals surface area (Å²) in [4.78, 5) is 2.34. The van der Waals surface area contributed by atoms with Crippen molar-refractivity contribution in [1.82, 2.24) is 4.57 Å². The van der Waals surface area contributed by atoms with E-state index in [1.807, 2.05) is 30.5 Å². The Labute approximate surface area is 164 Å². The van der Waals surface area contributed by atoms with E-state index in [2.05, 4.69) is 9.47 Å². The van der Waals surface area contributed by atoms with Gasteiger partial charge in [0.2, 0.25) is 0 Å². The summed E-state index contributed by atoms with van der Waals surface area (Å²) in [6.45, 7) is 2.59. The molecule has 0 radical (unpaired) electrons. The molecule has 0 amide bonds. The summed E-state index contributed by atoms with van der Waals surface area (Å²) in [5.74, 6) is 1.21. The van der Waals surface area contributed by atoms with Crippen molar-refractivity contribution in [3.05, 3.63) is 42.1 Å². The minimum atomic E-state index is 0.120. The van der Waals surface area contributed by atoms with Crippen LogP contribution in [0.4, 0.5) is 5.69 Å². The van der Waals surface area contributed by atoms with Crippen molar-refractivity contribution >= 4 is 16.6 Å². The summed E-state index contributed by atoms with van der Waals surface area (Å²) < 4.78 is 12.7. The largest absolute Gasteiger partial charge is 0.504 e. The minimum absolute atomic E-state index is 0.120. The lowest BCUT2D eigenvalue weighted by molar-refractivity contribution is 0.372. The fraction of sp³-hybridized carbons (Fsp3) is 0.364. The first-order valence-electron chi connectivity index (χ1n) is 9.61. The maximum atomic E-state index is 10.3. The molecule has 0 atom stereocenters. The van der Waals surface area contributed by atoms with Crippen LogP contribution in [0.25, 0.3) is 10.9 Å². The van der Waals surface area contributed by atoms with Gasteiger partial charge >= 0.3 is 0 Å². The van der Waals surface area contributed by atoms with Crippen LogP contribution in [-0.4, -0.2) is 42.1 Å². The number of aromatic hydroxyl groups is 2. The Kier molecular flexibility index (Phi) is 4.94. The molecule has 6 heteroatoms. The fourth-order valence-electron chi connectivity index (χ4n) is 4.01. The average molecular weight is 382 g/mol. The number of nitrogens with zero attached hydrogens (tertiary/aromatic N) is 2. The maximum absolute atomic E-state index is 10.3. The van der Waals surface area contributed by atoms with Crippen molar-refractivity contribution < 1.29 is 19.7 Å². The quantitative estimate of drug-likeness (QED) is 0.695. The van der Waals surface area contributed by atoms with Gasteiger partial charge < -0.3 is 29.2 Å². The number of hydrogen-bond acceptors (Lipinski definition) is 5. The summed E-state index contributed by atoms with van der Waals surface area (Å²) >= 11 is 0. The Morgan fingerprint density at radius 2 is 1.57 bits per heavy atom. The number of ether oxygens (including phenoxy) is 2. The van der Waals surface area contributed by atoms with Crippen molar-refractivity contribution in [2.24, 2.45) is 0 Å². The van der Waals surface area contributed by atoms with E-state index >= 15 is 0 Å². The number of phenolic OH excluding ortho intramolecular Hbond substituents is 2. The van der Waals surface area contributed by atoms with E-state index in [0.29, 0.717) is 18.0 Å². The number of fused-ring (bicyclic) bond motifs is 1. The van der Waals surface area contributed by atoms with Gasteiger partial charge in [-0.25, -0.2) is 0 Å². The molecular weight excluding hydrogens is 356 g/mol. The molecule has 1 aliphatic heterocycles. The molecule has 2 N–H and O–H groups in total. The molecule has 1 saturated heterocycles. The summed E-state index contributed by atoms with van der Waals surface area (Å²) in [5, 5.41) is 21.5. The third kappa shape index (κ3) is 3.30. The Hall–Kier alpha value is -3.02. The lowest BCUT2D eigenvalue weighted by atomic mass is 10.1. The van der Waals surface area contributed by atoms with E-state index in [9.17, 15) is 10.2 Å². The molecule has 1 aromatic heterocycles. The molecule has 0 bridgehead atoms. The van der Waals surface area contributed by atoms with Crippen LogP contribution in [-0.2, 0) is 6.54 Å². The molecule has 0 spiro atoms. The zero-order valence-electron chi connectivity index (χ0n) is 16.3. The Balaban J connectivity index is 1.76. The molecule has 2 aromatic carbocycles. The van der Waals surface area contributed by atoms with Crippen molar-refractivity contribution in [3.63, 3.8) is 0 Å². The molecule has 6 nitrogen and oxygen atoms in total. The van der Waals surface area contributed by atoms with Crippen LogP contribution in [0.2, 0.25) is 0 Å². The first-order chi connectivity index (χ1) is 13.6. The van der Waals surface area contributed by atoms with Crippen molar-refractivity contribution in [3.8, 4) is 23.0 Å². The lowest BCUT2D eigenvalue weighted by Gasteiger charge is -2.31. The number of aromatic nitrogens is 1. The predicted molar refractivity (Wildman–Crippen MR) is 110 cm³/mol. The molecule has 1 aliphatic rings. The summed E-state index contributed by atoms with van der Waals surface area (Å²) in [6.07, 6.45) is 5.57. The molecule has 1 fully saturated rings. The van der Waals surface area contributed by atoms with Crippen LogP contribution in [0.15, 0.2) is 36.5 Å². The van der Waals surface area contributed by atoms with Crippen LogP contribution in [0, 0.1) is 0 Å². The highest BCUT2D eigenvalue weighted by Crippen LogP contribution is 2.37. The van der Waals surface area contributed by atoms with Gasteiger partial charge in [-0.2, -0.15) is 0 Å². The lowest BCUT2D eigenvalue weighted by Crippen LogP contribution is -2.30. The number of rotatable bonds is 5. The molecule has 2 heterocycles. The van der Waals surface area contributed by atoms with Gasteiger partial charge in [0, 0.05) is 49.0 Å². The van der Waals surface area contributed by atoms with Crippen molar-refractivity contribution in [2.45, 2.75) is 25.8 Å². The van der Waals surface area contributed by atoms with E-state index < -0.39 is 0 Å². The second kappa shape index (κ2) is 7.54. The molecule has 148 valence electrons. The fourth-order valence-corrected chi connectivity index (χ4v) is 4.01. The highest BCUT2D eigenvalue weighted by Gasteiger charge is 2.19. The number of benzene rings is 2.